The Bertz CT molecular complexity index is 592. The van der Waals surface area contributed by atoms with Crippen LogP contribution in [0.4, 0.5) is 0 Å². The predicted octanol–water partition coefficient (Wildman–Crippen LogP) is 4.96. The van der Waals surface area contributed by atoms with Crippen molar-refractivity contribution in [3.63, 3.8) is 0 Å². The van der Waals surface area contributed by atoms with E-state index in [0.29, 0.717) is 10.8 Å². The number of halogens is 2. The Morgan fingerprint density at radius 1 is 1.30 bits per heavy atom. The largest absolute Gasteiger partial charge is 0.456 e. The zero-order valence-corrected chi connectivity index (χ0v) is 13.7. The first-order valence-electron chi connectivity index (χ1n) is 6.41. The van der Waals surface area contributed by atoms with Gasteiger partial charge in [0.2, 0.25) is 0 Å². The van der Waals surface area contributed by atoms with Gasteiger partial charge in [-0.15, -0.1) is 0 Å². The molecule has 1 aromatic heterocycles. The molecule has 0 saturated heterocycles. The van der Waals surface area contributed by atoms with Gasteiger partial charge in [-0.3, -0.25) is 4.98 Å². The third kappa shape index (κ3) is 3.95. The third-order valence-electron chi connectivity index (χ3n) is 2.86. The molecule has 5 heteroatoms. The molecule has 1 atom stereocenters. The van der Waals surface area contributed by atoms with E-state index >= 15 is 0 Å². The Kier molecular flexibility index (Phi) is 5.40. The van der Waals surface area contributed by atoms with Crippen LogP contribution in [0.5, 0.6) is 11.5 Å². The first kappa shape index (κ1) is 15.3. The summed E-state index contributed by atoms with van der Waals surface area (Å²) in [7, 11) is 0. The van der Waals surface area contributed by atoms with Crippen LogP contribution in [0.3, 0.4) is 0 Å². The number of rotatable bonds is 5. The quantitative estimate of drug-likeness (QED) is 0.823. The van der Waals surface area contributed by atoms with Crippen LogP contribution in [0.2, 0.25) is 5.02 Å². The normalized spacial score (nSPS) is 12.2. The van der Waals surface area contributed by atoms with E-state index in [1.54, 1.807) is 18.5 Å². The Balaban J connectivity index is 2.17. The molecule has 20 heavy (non-hydrogen) atoms. The van der Waals surface area contributed by atoms with Crippen LogP contribution < -0.4 is 10.1 Å². The number of nitrogens with one attached hydrogen (secondary N) is 1. The molecular weight excluding hydrogens is 340 g/mol. The molecule has 0 aliphatic heterocycles. The van der Waals surface area contributed by atoms with Gasteiger partial charge in [-0.05, 0) is 31.2 Å². The van der Waals surface area contributed by atoms with Crippen LogP contribution in [0.1, 0.15) is 25.5 Å². The molecule has 0 aliphatic carbocycles. The lowest BCUT2D eigenvalue weighted by Crippen LogP contribution is -2.17. The van der Waals surface area contributed by atoms with Gasteiger partial charge in [-0.25, -0.2) is 0 Å². The SMILES string of the molecule is CCNC(C)c1ccc(Oc2cncc(Cl)c2)cc1Br. The summed E-state index contributed by atoms with van der Waals surface area (Å²) < 4.78 is 6.75. The number of hydrogen-bond acceptors (Lipinski definition) is 3. The molecule has 1 unspecified atom stereocenters. The highest BCUT2D eigenvalue weighted by Gasteiger charge is 2.09. The summed E-state index contributed by atoms with van der Waals surface area (Å²) in [5, 5.41) is 3.94. The Hall–Kier alpha value is -1.10. The number of pyridine rings is 1. The van der Waals surface area contributed by atoms with Crippen LogP contribution in [-0.4, -0.2) is 11.5 Å². The van der Waals surface area contributed by atoms with E-state index in [4.69, 9.17) is 16.3 Å². The van der Waals surface area contributed by atoms with Crippen molar-refractivity contribution in [1.29, 1.82) is 0 Å². The van der Waals surface area contributed by atoms with E-state index in [0.717, 1.165) is 16.8 Å². The topological polar surface area (TPSA) is 34.1 Å². The molecule has 0 aliphatic rings. The molecule has 1 N–H and O–H groups in total. The second-order valence-corrected chi connectivity index (χ2v) is 5.69. The summed E-state index contributed by atoms with van der Waals surface area (Å²) in [5.41, 5.74) is 1.20. The average Bonchev–Trinajstić information content (AvgIpc) is 2.39. The van der Waals surface area contributed by atoms with E-state index in [2.05, 4.69) is 40.1 Å². The second-order valence-electron chi connectivity index (χ2n) is 4.40. The monoisotopic (exact) mass is 354 g/mol. The second kappa shape index (κ2) is 7.07. The van der Waals surface area contributed by atoms with Gasteiger partial charge in [0.25, 0.3) is 0 Å². The molecule has 0 saturated carbocycles. The Morgan fingerprint density at radius 2 is 2.10 bits per heavy atom. The van der Waals surface area contributed by atoms with Gasteiger partial charge in [0, 0.05) is 22.8 Å². The van der Waals surface area contributed by atoms with Gasteiger partial charge in [0.05, 0.1) is 11.2 Å². The summed E-state index contributed by atoms with van der Waals surface area (Å²) in [6, 6.07) is 7.96. The van der Waals surface area contributed by atoms with Gasteiger partial charge in [-0.1, -0.05) is 40.5 Å². The number of ether oxygens (including phenoxy) is 1. The maximum absolute atomic E-state index is 5.88. The first-order chi connectivity index (χ1) is 9.60. The van der Waals surface area contributed by atoms with E-state index < -0.39 is 0 Å². The highest BCUT2D eigenvalue weighted by Crippen LogP contribution is 2.30. The summed E-state index contributed by atoms with van der Waals surface area (Å²) in [6.45, 7) is 5.15. The molecule has 1 heterocycles. The van der Waals surface area contributed by atoms with E-state index in [-0.39, 0.29) is 6.04 Å². The fraction of sp³-hybridized carbons (Fsp3) is 0.267. The van der Waals surface area contributed by atoms with E-state index in [1.807, 2.05) is 18.2 Å². The molecule has 0 amide bonds. The zero-order valence-electron chi connectivity index (χ0n) is 11.4. The van der Waals surface area contributed by atoms with Crippen molar-refractivity contribution in [3.8, 4) is 11.5 Å². The predicted molar refractivity (Wildman–Crippen MR) is 85.6 cm³/mol. The molecule has 1 aromatic carbocycles. The molecule has 0 fully saturated rings. The number of aromatic nitrogens is 1. The summed E-state index contributed by atoms with van der Waals surface area (Å²) >= 11 is 9.47. The minimum atomic E-state index is 0.288. The van der Waals surface area contributed by atoms with Crippen LogP contribution in [0, 0.1) is 0 Å². The van der Waals surface area contributed by atoms with Crippen LogP contribution in [0.15, 0.2) is 41.1 Å². The molecule has 3 nitrogen and oxygen atoms in total. The summed E-state index contributed by atoms with van der Waals surface area (Å²) in [4.78, 5) is 3.99. The lowest BCUT2D eigenvalue weighted by atomic mass is 10.1. The van der Waals surface area contributed by atoms with Crippen LogP contribution >= 0.6 is 27.5 Å². The average molecular weight is 356 g/mol. The molecule has 0 spiro atoms. The Labute approximate surface area is 132 Å². The van der Waals surface area contributed by atoms with Gasteiger partial charge >= 0.3 is 0 Å². The minimum Gasteiger partial charge on any atom is -0.456 e. The van der Waals surface area contributed by atoms with Crippen molar-refractivity contribution in [1.82, 2.24) is 10.3 Å². The maximum atomic E-state index is 5.88. The number of benzene rings is 1. The van der Waals surface area contributed by atoms with Gasteiger partial charge < -0.3 is 10.1 Å². The molecule has 0 radical (unpaired) electrons. The number of hydrogen-bond donors (Lipinski definition) is 1. The Morgan fingerprint density at radius 3 is 2.75 bits per heavy atom. The molecule has 106 valence electrons. The van der Waals surface area contributed by atoms with Gasteiger partial charge in [0.1, 0.15) is 11.5 Å². The standard InChI is InChI=1S/C15H16BrClN2O/c1-3-19-10(2)14-5-4-12(7-15(14)16)20-13-6-11(17)8-18-9-13/h4-10,19H,3H2,1-2H3. The van der Waals surface area contributed by atoms with Crippen molar-refractivity contribution in [2.24, 2.45) is 0 Å². The van der Waals surface area contributed by atoms with Gasteiger partial charge in [0.15, 0.2) is 0 Å². The highest BCUT2D eigenvalue weighted by atomic mass is 79.9. The maximum Gasteiger partial charge on any atom is 0.147 e. The first-order valence-corrected chi connectivity index (χ1v) is 7.58. The van der Waals surface area contributed by atoms with Gasteiger partial charge in [-0.2, -0.15) is 0 Å². The van der Waals surface area contributed by atoms with Crippen molar-refractivity contribution in [3.05, 3.63) is 51.7 Å². The fourth-order valence-corrected chi connectivity index (χ4v) is 2.79. The van der Waals surface area contributed by atoms with Crippen molar-refractivity contribution >= 4 is 27.5 Å². The van der Waals surface area contributed by atoms with Crippen molar-refractivity contribution < 1.29 is 4.74 Å². The molecule has 2 aromatic rings. The summed E-state index contributed by atoms with van der Waals surface area (Å²) in [5.74, 6) is 1.37. The summed E-state index contributed by atoms with van der Waals surface area (Å²) in [6.07, 6.45) is 3.21. The minimum absolute atomic E-state index is 0.288. The third-order valence-corrected chi connectivity index (χ3v) is 3.76. The lowest BCUT2D eigenvalue weighted by Gasteiger charge is -2.15. The smallest absolute Gasteiger partial charge is 0.147 e. The van der Waals surface area contributed by atoms with E-state index in [9.17, 15) is 0 Å². The fourth-order valence-electron chi connectivity index (χ4n) is 1.92. The van der Waals surface area contributed by atoms with Crippen molar-refractivity contribution in [2.75, 3.05) is 6.54 Å². The van der Waals surface area contributed by atoms with Crippen LogP contribution in [-0.2, 0) is 0 Å². The van der Waals surface area contributed by atoms with Crippen LogP contribution in [0.25, 0.3) is 0 Å². The molecule has 0 bridgehead atoms. The highest BCUT2D eigenvalue weighted by molar-refractivity contribution is 9.10. The number of nitrogens with zero attached hydrogens (tertiary/aromatic N) is 1. The molecule has 2 rings (SSSR count). The zero-order chi connectivity index (χ0) is 14.5. The lowest BCUT2D eigenvalue weighted by molar-refractivity contribution is 0.479. The van der Waals surface area contributed by atoms with Crippen molar-refractivity contribution in [2.45, 2.75) is 19.9 Å². The molecular formula is C15H16BrClN2O. The van der Waals surface area contributed by atoms with E-state index in [1.165, 1.54) is 5.56 Å².